The second-order valence-electron chi connectivity index (χ2n) is 4.59. The number of benzene rings is 1. The van der Waals surface area contributed by atoms with Gasteiger partial charge < -0.3 is 15.5 Å². The molecule has 0 saturated carbocycles. The third kappa shape index (κ3) is 4.24. The zero-order valence-electron chi connectivity index (χ0n) is 10.7. The maximum atomic E-state index is 13.5. The first kappa shape index (κ1) is 14.9. The van der Waals surface area contributed by atoms with Crippen molar-refractivity contribution in [2.75, 3.05) is 0 Å². The Morgan fingerprint density at radius 2 is 2.00 bits per heavy atom. The van der Waals surface area contributed by atoms with Crippen LogP contribution in [0.15, 0.2) is 18.2 Å². The fraction of sp³-hybridized carbons (Fsp3) is 0.385. The van der Waals surface area contributed by atoms with E-state index < -0.39 is 23.7 Å². The molecular formula is C13H16FNO4. The third-order valence-corrected chi connectivity index (χ3v) is 2.71. The average Bonchev–Trinajstić information content (AvgIpc) is 2.26. The molecule has 0 radical (unpaired) electrons. The molecule has 0 aliphatic carbocycles. The molecule has 6 heteroatoms. The highest BCUT2D eigenvalue weighted by molar-refractivity contribution is 5.95. The molecule has 0 fully saturated rings. The molecule has 0 aromatic heterocycles. The van der Waals surface area contributed by atoms with E-state index in [1.807, 2.05) is 0 Å². The van der Waals surface area contributed by atoms with Crippen LogP contribution in [0.5, 0.6) is 5.75 Å². The van der Waals surface area contributed by atoms with Gasteiger partial charge in [0, 0.05) is 12.1 Å². The summed E-state index contributed by atoms with van der Waals surface area (Å²) in [5.74, 6) is -2.96. The summed E-state index contributed by atoms with van der Waals surface area (Å²) in [6.45, 7) is 3.53. The van der Waals surface area contributed by atoms with Crippen molar-refractivity contribution in [1.29, 1.82) is 0 Å². The van der Waals surface area contributed by atoms with Gasteiger partial charge in [-0.25, -0.2) is 4.39 Å². The van der Waals surface area contributed by atoms with E-state index in [0.29, 0.717) is 0 Å². The van der Waals surface area contributed by atoms with Crippen molar-refractivity contribution in [3.05, 3.63) is 29.6 Å². The first-order valence-corrected chi connectivity index (χ1v) is 5.82. The monoisotopic (exact) mass is 269 g/mol. The molecule has 0 spiro atoms. The first-order chi connectivity index (χ1) is 8.81. The molecule has 0 heterocycles. The lowest BCUT2D eigenvalue weighted by Crippen LogP contribution is -2.40. The predicted octanol–water partition coefficient (Wildman–Crippen LogP) is 1.76. The predicted molar refractivity (Wildman–Crippen MR) is 66.4 cm³/mol. The van der Waals surface area contributed by atoms with Gasteiger partial charge in [-0.15, -0.1) is 0 Å². The van der Waals surface area contributed by atoms with E-state index in [9.17, 15) is 14.0 Å². The van der Waals surface area contributed by atoms with Gasteiger partial charge >= 0.3 is 5.97 Å². The molecule has 5 nitrogen and oxygen atoms in total. The summed E-state index contributed by atoms with van der Waals surface area (Å²) >= 11 is 0. The highest BCUT2D eigenvalue weighted by Crippen LogP contribution is 2.16. The van der Waals surface area contributed by atoms with Crippen molar-refractivity contribution in [3.63, 3.8) is 0 Å². The van der Waals surface area contributed by atoms with E-state index in [4.69, 9.17) is 10.2 Å². The molecule has 0 aliphatic heterocycles. The molecule has 3 N–H and O–H groups in total. The second kappa shape index (κ2) is 6.17. The minimum atomic E-state index is -1.04. The smallest absolute Gasteiger partial charge is 0.305 e. The number of halogens is 1. The summed E-state index contributed by atoms with van der Waals surface area (Å²) in [6.07, 6.45) is -0.233. The molecule has 104 valence electrons. The van der Waals surface area contributed by atoms with Crippen LogP contribution in [0.4, 0.5) is 4.39 Å². The first-order valence-electron chi connectivity index (χ1n) is 5.82. The van der Waals surface area contributed by atoms with Gasteiger partial charge in [-0.2, -0.15) is 0 Å². The lowest BCUT2D eigenvalue weighted by atomic mass is 10.0. The molecule has 1 aromatic rings. The molecule has 1 rings (SSSR count). The number of phenolic OH excluding ortho intramolecular Hbond substituents is 1. The maximum Gasteiger partial charge on any atom is 0.305 e. The fourth-order valence-corrected chi connectivity index (χ4v) is 1.58. The summed E-state index contributed by atoms with van der Waals surface area (Å²) in [5.41, 5.74) is -0.228. The minimum absolute atomic E-state index is 0.0970. The number of carbonyl (C=O) groups excluding carboxylic acids is 1. The molecule has 1 atom stereocenters. The van der Waals surface area contributed by atoms with Crippen LogP contribution in [0.3, 0.4) is 0 Å². The van der Waals surface area contributed by atoms with Gasteiger partial charge in [0.15, 0.2) is 0 Å². The maximum absolute atomic E-state index is 13.5. The minimum Gasteiger partial charge on any atom is -0.508 e. The number of nitrogens with one attached hydrogen (secondary N) is 1. The van der Waals surface area contributed by atoms with Crippen molar-refractivity contribution in [3.8, 4) is 5.75 Å². The zero-order valence-corrected chi connectivity index (χ0v) is 10.7. The Morgan fingerprint density at radius 1 is 1.37 bits per heavy atom. The summed E-state index contributed by atoms with van der Waals surface area (Å²) in [6, 6.07) is 2.59. The number of hydrogen-bond acceptors (Lipinski definition) is 3. The van der Waals surface area contributed by atoms with Gasteiger partial charge in [0.2, 0.25) is 0 Å². The number of aliphatic carboxylic acids is 1. The highest BCUT2D eigenvalue weighted by atomic mass is 19.1. The van der Waals surface area contributed by atoms with Gasteiger partial charge in [-0.3, -0.25) is 9.59 Å². The summed E-state index contributed by atoms with van der Waals surface area (Å²) in [7, 11) is 0. The summed E-state index contributed by atoms with van der Waals surface area (Å²) < 4.78 is 13.5. The van der Waals surface area contributed by atoms with E-state index >= 15 is 0 Å². The van der Waals surface area contributed by atoms with Crippen molar-refractivity contribution in [2.24, 2.45) is 5.92 Å². The molecule has 0 saturated heterocycles. The Morgan fingerprint density at radius 3 is 2.47 bits per heavy atom. The molecule has 0 bridgehead atoms. The number of carbonyl (C=O) groups is 2. The Labute approximate surface area is 110 Å². The van der Waals surface area contributed by atoms with Gasteiger partial charge in [0.1, 0.15) is 11.6 Å². The largest absolute Gasteiger partial charge is 0.508 e. The Hall–Kier alpha value is -2.11. The molecule has 1 aromatic carbocycles. The molecule has 19 heavy (non-hydrogen) atoms. The molecular weight excluding hydrogens is 253 g/mol. The van der Waals surface area contributed by atoms with E-state index in [1.54, 1.807) is 13.8 Å². The number of hydrogen-bond donors (Lipinski definition) is 3. The SMILES string of the molecule is CC(C)C(CC(=O)O)NC(=O)c1ccc(O)cc1F. The Kier molecular flexibility index (Phi) is 4.86. The topological polar surface area (TPSA) is 86.6 Å². The van der Waals surface area contributed by atoms with Gasteiger partial charge in [0.25, 0.3) is 5.91 Å². The van der Waals surface area contributed by atoms with Crippen LogP contribution < -0.4 is 5.32 Å². The lowest BCUT2D eigenvalue weighted by Gasteiger charge is -2.20. The van der Waals surface area contributed by atoms with E-state index in [2.05, 4.69) is 5.32 Å². The van der Waals surface area contributed by atoms with Gasteiger partial charge in [-0.05, 0) is 18.1 Å². The van der Waals surface area contributed by atoms with Crippen LogP contribution in [0.25, 0.3) is 0 Å². The average molecular weight is 269 g/mol. The molecule has 1 amide bonds. The second-order valence-corrected chi connectivity index (χ2v) is 4.59. The van der Waals surface area contributed by atoms with Gasteiger partial charge in [0.05, 0.1) is 12.0 Å². The lowest BCUT2D eigenvalue weighted by molar-refractivity contribution is -0.137. The van der Waals surface area contributed by atoms with Crippen molar-refractivity contribution in [1.82, 2.24) is 5.32 Å². The van der Waals surface area contributed by atoms with Crippen LogP contribution >= 0.6 is 0 Å². The standard InChI is InChI=1S/C13H16FNO4/c1-7(2)11(6-12(17)18)15-13(19)9-4-3-8(16)5-10(9)14/h3-5,7,11,16H,6H2,1-2H3,(H,15,19)(H,17,18). The number of rotatable bonds is 5. The third-order valence-electron chi connectivity index (χ3n) is 2.71. The fourth-order valence-electron chi connectivity index (χ4n) is 1.58. The number of aromatic hydroxyl groups is 1. The van der Waals surface area contributed by atoms with E-state index in [1.165, 1.54) is 6.07 Å². The van der Waals surface area contributed by atoms with Crippen molar-refractivity contribution in [2.45, 2.75) is 26.3 Å². The van der Waals surface area contributed by atoms with Crippen LogP contribution in [-0.2, 0) is 4.79 Å². The summed E-state index contributed by atoms with van der Waals surface area (Å²) in [4.78, 5) is 22.5. The molecule has 0 aliphatic rings. The van der Waals surface area contributed by atoms with Crippen molar-refractivity contribution >= 4 is 11.9 Å². The molecule has 1 unspecified atom stereocenters. The van der Waals surface area contributed by atoms with Crippen molar-refractivity contribution < 1.29 is 24.2 Å². The number of carboxylic acid groups (broad SMARTS) is 1. The number of carboxylic acids is 1. The quantitative estimate of drug-likeness (QED) is 0.760. The van der Waals surface area contributed by atoms with Crippen LogP contribution in [-0.4, -0.2) is 28.1 Å². The van der Waals surface area contributed by atoms with Crippen LogP contribution in [0, 0.1) is 11.7 Å². The number of amides is 1. The van der Waals surface area contributed by atoms with E-state index in [0.717, 1.165) is 12.1 Å². The normalized spacial score (nSPS) is 12.2. The van der Waals surface area contributed by atoms with Crippen LogP contribution in [0.1, 0.15) is 30.6 Å². The van der Waals surface area contributed by atoms with Crippen LogP contribution in [0.2, 0.25) is 0 Å². The Bertz CT molecular complexity index is 488. The van der Waals surface area contributed by atoms with E-state index in [-0.39, 0.29) is 23.7 Å². The Balaban J connectivity index is 2.84. The van der Waals surface area contributed by atoms with Gasteiger partial charge in [-0.1, -0.05) is 13.8 Å². The highest BCUT2D eigenvalue weighted by Gasteiger charge is 2.21. The summed E-state index contributed by atoms with van der Waals surface area (Å²) in [5, 5.41) is 20.3. The zero-order chi connectivity index (χ0) is 14.6. The number of phenols is 1.